The molecule has 0 saturated heterocycles. The van der Waals surface area contributed by atoms with Crippen LogP contribution in [0.4, 0.5) is 0 Å². The third-order valence-corrected chi connectivity index (χ3v) is 4.84. The van der Waals surface area contributed by atoms with E-state index in [1.165, 1.54) is 0 Å². The van der Waals surface area contributed by atoms with E-state index in [0.717, 1.165) is 37.2 Å². The molecular weight excluding hydrogens is 300 g/mol. The fourth-order valence-electron chi connectivity index (χ4n) is 3.24. The molecule has 132 valence electrons. The maximum absolute atomic E-state index is 12.6. The highest BCUT2D eigenvalue weighted by molar-refractivity contribution is 5.88. The Hall–Kier alpha value is -1.84. The lowest BCUT2D eigenvalue weighted by atomic mass is 9.87. The first-order valence-electron chi connectivity index (χ1n) is 9.09. The van der Waals surface area contributed by atoms with Gasteiger partial charge in [0.15, 0.2) is 0 Å². The zero-order chi connectivity index (χ0) is 17.5. The highest BCUT2D eigenvalue weighted by Gasteiger charge is 2.27. The smallest absolute Gasteiger partial charge is 0.243 e. The van der Waals surface area contributed by atoms with Crippen LogP contribution in [0, 0.1) is 11.8 Å². The Balaban J connectivity index is 1.88. The van der Waals surface area contributed by atoms with Crippen LogP contribution in [0.25, 0.3) is 0 Å². The number of amides is 2. The van der Waals surface area contributed by atoms with Crippen LogP contribution in [0.3, 0.4) is 0 Å². The first kappa shape index (κ1) is 18.5. The molecule has 0 spiro atoms. The number of hydrogen-bond donors (Lipinski definition) is 2. The van der Waals surface area contributed by atoms with E-state index < -0.39 is 6.04 Å². The number of carbonyl (C=O) groups excluding carboxylic acids is 2. The Morgan fingerprint density at radius 3 is 2.29 bits per heavy atom. The third-order valence-electron chi connectivity index (χ3n) is 4.84. The fraction of sp³-hybridized carbons (Fsp3) is 0.600. The topological polar surface area (TPSA) is 58.2 Å². The van der Waals surface area contributed by atoms with E-state index in [4.69, 9.17) is 0 Å². The van der Waals surface area contributed by atoms with E-state index in [1.54, 1.807) is 0 Å². The minimum absolute atomic E-state index is 0.0500. The maximum Gasteiger partial charge on any atom is 0.243 e. The summed E-state index contributed by atoms with van der Waals surface area (Å²) in [5.41, 5.74) is 0.958. The van der Waals surface area contributed by atoms with Crippen molar-refractivity contribution < 1.29 is 9.59 Å². The second-order valence-electron chi connectivity index (χ2n) is 7.42. The minimum atomic E-state index is -0.472. The van der Waals surface area contributed by atoms with Crippen molar-refractivity contribution in [2.75, 3.05) is 0 Å². The average Bonchev–Trinajstić information content (AvgIpc) is 2.55. The summed E-state index contributed by atoms with van der Waals surface area (Å²) >= 11 is 0. The summed E-state index contributed by atoms with van der Waals surface area (Å²) in [5, 5.41) is 6.05. The first-order chi connectivity index (χ1) is 11.5. The Kier molecular flexibility index (Phi) is 6.83. The molecule has 1 saturated carbocycles. The van der Waals surface area contributed by atoms with Crippen LogP contribution in [0.1, 0.15) is 52.0 Å². The van der Waals surface area contributed by atoms with Crippen molar-refractivity contribution in [1.82, 2.24) is 10.6 Å². The summed E-state index contributed by atoms with van der Waals surface area (Å²) in [6, 6.07) is 9.39. The van der Waals surface area contributed by atoms with Gasteiger partial charge in [0, 0.05) is 6.04 Å². The predicted octanol–water partition coefficient (Wildman–Crippen LogP) is 3.06. The molecule has 2 N–H and O–H groups in total. The lowest BCUT2D eigenvalue weighted by Gasteiger charge is -2.29. The Morgan fingerprint density at radius 1 is 1.08 bits per heavy atom. The van der Waals surface area contributed by atoms with Crippen LogP contribution in [0.2, 0.25) is 0 Å². The van der Waals surface area contributed by atoms with Gasteiger partial charge in [-0.15, -0.1) is 0 Å². The van der Waals surface area contributed by atoms with E-state index in [1.807, 2.05) is 44.2 Å². The van der Waals surface area contributed by atoms with Gasteiger partial charge in [0.1, 0.15) is 6.04 Å². The highest BCUT2D eigenvalue weighted by atomic mass is 16.2. The monoisotopic (exact) mass is 330 g/mol. The molecule has 2 amide bonds. The van der Waals surface area contributed by atoms with E-state index in [-0.39, 0.29) is 23.8 Å². The normalized spacial score (nSPS) is 22.0. The van der Waals surface area contributed by atoms with E-state index in [2.05, 4.69) is 17.6 Å². The van der Waals surface area contributed by atoms with E-state index in [9.17, 15) is 9.59 Å². The molecule has 1 aliphatic rings. The zero-order valence-corrected chi connectivity index (χ0v) is 15.0. The molecule has 0 bridgehead atoms. The number of benzene rings is 1. The van der Waals surface area contributed by atoms with Crippen molar-refractivity contribution in [3.63, 3.8) is 0 Å². The predicted molar refractivity (Wildman–Crippen MR) is 96.5 cm³/mol. The third kappa shape index (κ3) is 5.66. The largest absolute Gasteiger partial charge is 0.352 e. The average molecular weight is 330 g/mol. The van der Waals surface area contributed by atoms with Gasteiger partial charge in [-0.1, -0.05) is 51.1 Å². The quantitative estimate of drug-likeness (QED) is 0.842. The van der Waals surface area contributed by atoms with Gasteiger partial charge in [0.25, 0.3) is 0 Å². The molecule has 4 heteroatoms. The standard InChI is InChI=1S/C20H30N2O2/c1-14(2)19(20(24)21-17-11-9-15(3)10-12-17)22-18(23)13-16-7-5-4-6-8-16/h4-8,14-15,17,19H,9-13H2,1-3H3,(H,21,24)(H,22,23)/t15?,17?,19-/m1/s1. The molecule has 0 radical (unpaired) electrons. The van der Waals surface area contributed by atoms with Crippen molar-refractivity contribution >= 4 is 11.8 Å². The molecule has 0 aliphatic heterocycles. The molecular formula is C20H30N2O2. The van der Waals surface area contributed by atoms with E-state index in [0.29, 0.717) is 6.42 Å². The van der Waals surface area contributed by atoms with Crippen molar-refractivity contribution in [2.24, 2.45) is 11.8 Å². The summed E-state index contributed by atoms with van der Waals surface area (Å²) in [7, 11) is 0. The molecule has 0 heterocycles. The highest BCUT2D eigenvalue weighted by Crippen LogP contribution is 2.23. The molecule has 1 aliphatic carbocycles. The summed E-state index contributed by atoms with van der Waals surface area (Å²) in [6.07, 6.45) is 4.71. The SMILES string of the molecule is CC1CCC(NC(=O)[C@H](NC(=O)Cc2ccccc2)C(C)C)CC1. The Bertz CT molecular complexity index is 534. The van der Waals surface area contributed by atoms with Crippen LogP contribution < -0.4 is 10.6 Å². The number of rotatable bonds is 6. The molecule has 4 nitrogen and oxygen atoms in total. The summed E-state index contributed by atoms with van der Waals surface area (Å²) in [6.45, 7) is 6.20. The second-order valence-corrected chi connectivity index (χ2v) is 7.42. The molecule has 0 unspecified atom stereocenters. The van der Waals surface area contributed by atoms with Gasteiger partial charge >= 0.3 is 0 Å². The fourth-order valence-corrected chi connectivity index (χ4v) is 3.24. The zero-order valence-electron chi connectivity index (χ0n) is 15.0. The maximum atomic E-state index is 12.6. The number of nitrogens with one attached hydrogen (secondary N) is 2. The summed E-state index contributed by atoms with van der Waals surface area (Å²) in [4.78, 5) is 24.9. The molecule has 2 rings (SSSR count). The Labute approximate surface area is 145 Å². The Morgan fingerprint density at radius 2 is 1.71 bits per heavy atom. The molecule has 1 fully saturated rings. The molecule has 1 atom stereocenters. The van der Waals surface area contributed by atoms with Crippen molar-refractivity contribution in [3.8, 4) is 0 Å². The van der Waals surface area contributed by atoms with Gasteiger partial charge in [-0.25, -0.2) is 0 Å². The van der Waals surface area contributed by atoms with E-state index >= 15 is 0 Å². The van der Waals surface area contributed by atoms with Gasteiger partial charge in [-0.05, 0) is 43.1 Å². The van der Waals surface area contributed by atoms with Crippen molar-refractivity contribution in [3.05, 3.63) is 35.9 Å². The summed E-state index contributed by atoms with van der Waals surface area (Å²) in [5.74, 6) is 0.662. The van der Waals surface area contributed by atoms with Gasteiger partial charge in [-0.3, -0.25) is 9.59 Å². The lowest BCUT2D eigenvalue weighted by molar-refractivity contribution is -0.130. The molecule has 1 aromatic rings. The van der Waals surface area contributed by atoms with Crippen LogP contribution in [0.5, 0.6) is 0 Å². The van der Waals surface area contributed by atoms with Crippen molar-refractivity contribution in [2.45, 2.75) is 65.0 Å². The number of hydrogen-bond acceptors (Lipinski definition) is 2. The molecule has 0 aromatic heterocycles. The van der Waals surface area contributed by atoms with Crippen LogP contribution in [0.15, 0.2) is 30.3 Å². The second kappa shape index (κ2) is 8.86. The molecule has 1 aromatic carbocycles. The van der Waals surface area contributed by atoms with Crippen LogP contribution in [-0.2, 0) is 16.0 Å². The molecule has 24 heavy (non-hydrogen) atoms. The van der Waals surface area contributed by atoms with Gasteiger partial charge in [0.2, 0.25) is 11.8 Å². The van der Waals surface area contributed by atoms with Gasteiger partial charge in [-0.2, -0.15) is 0 Å². The van der Waals surface area contributed by atoms with Crippen molar-refractivity contribution in [1.29, 1.82) is 0 Å². The lowest BCUT2D eigenvalue weighted by Crippen LogP contribution is -2.52. The number of carbonyl (C=O) groups is 2. The first-order valence-corrected chi connectivity index (χ1v) is 9.09. The minimum Gasteiger partial charge on any atom is -0.352 e. The van der Waals surface area contributed by atoms with Gasteiger partial charge in [0.05, 0.1) is 6.42 Å². The van der Waals surface area contributed by atoms with Crippen LogP contribution in [-0.4, -0.2) is 23.9 Å². The van der Waals surface area contributed by atoms with Crippen LogP contribution >= 0.6 is 0 Å². The van der Waals surface area contributed by atoms with Gasteiger partial charge < -0.3 is 10.6 Å². The summed E-state index contributed by atoms with van der Waals surface area (Å²) < 4.78 is 0.